The fourth-order valence-electron chi connectivity index (χ4n) is 10.5. The zero-order valence-electron chi connectivity index (χ0n) is 26.5. The van der Waals surface area contributed by atoms with Crippen LogP contribution in [0.25, 0.3) is 0 Å². The topological polar surface area (TPSA) is 107 Å². The average Bonchev–Trinajstić information content (AvgIpc) is 3.26. The standard InChI is InChI=1S/C34H54O7/c1-8-40-31(21(3)35)34(22(4)36,23(5)37)41-30(39)14-9-20(2)27-12-13-28-26-11-10-24-19-25(38)15-17-32(24,6)29(26)16-18-33(27,28)7/h20,24-29,31,38H,8-19H2,1-7H3/t20-,24+,25-,26+,27-,28+,29+,31?,32-,33-/m1/s1. The highest BCUT2D eigenvalue weighted by atomic mass is 16.6. The molecule has 0 saturated heterocycles. The summed E-state index contributed by atoms with van der Waals surface area (Å²) in [4.78, 5) is 50.9. The van der Waals surface area contributed by atoms with E-state index in [1.807, 2.05) is 0 Å². The second-order valence-electron chi connectivity index (χ2n) is 14.6. The molecule has 0 spiro atoms. The van der Waals surface area contributed by atoms with E-state index in [-0.39, 0.29) is 24.5 Å². The highest BCUT2D eigenvalue weighted by Gasteiger charge is 2.61. The van der Waals surface area contributed by atoms with Crippen molar-refractivity contribution in [3.05, 3.63) is 0 Å². The Labute approximate surface area is 246 Å². The second-order valence-corrected chi connectivity index (χ2v) is 14.6. The summed E-state index contributed by atoms with van der Waals surface area (Å²) in [5.74, 6) is 1.12. The van der Waals surface area contributed by atoms with Crippen LogP contribution < -0.4 is 0 Å². The van der Waals surface area contributed by atoms with Crippen LogP contribution in [0.1, 0.15) is 119 Å². The highest BCUT2D eigenvalue weighted by molar-refractivity contribution is 6.14. The fourth-order valence-corrected chi connectivity index (χ4v) is 10.5. The summed E-state index contributed by atoms with van der Waals surface area (Å²) in [5, 5.41) is 10.3. The van der Waals surface area contributed by atoms with Crippen molar-refractivity contribution in [2.24, 2.45) is 46.3 Å². The lowest BCUT2D eigenvalue weighted by Crippen LogP contribution is -2.60. The number of esters is 1. The summed E-state index contributed by atoms with van der Waals surface area (Å²) < 4.78 is 11.1. The number of ether oxygens (including phenoxy) is 2. The zero-order chi connectivity index (χ0) is 30.3. The third-order valence-corrected chi connectivity index (χ3v) is 12.6. The molecule has 7 heteroatoms. The van der Waals surface area contributed by atoms with Gasteiger partial charge in [0.1, 0.15) is 0 Å². The first-order valence-electron chi connectivity index (χ1n) is 16.3. The number of fused-ring (bicyclic) bond motifs is 5. The Kier molecular flexibility index (Phi) is 9.60. The molecule has 4 rings (SSSR count). The maximum atomic E-state index is 13.1. The lowest BCUT2D eigenvalue weighted by molar-refractivity contribution is -0.189. The molecule has 0 aliphatic heterocycles. The predicted molar refractivity (Wildman–Crippen MR) is 156 cm³/mol. The lowest BCUT2D eigenvalue weighted by atomic mass is 9.44. The largest absolute Gasteiger partial charge is 0.440 e. The number of Topliss-reactive ketones (excluding diaryl/α,β-unsaturated/α-hetero) is 3. The minimum absolute atomic E-state index is 0.0889. The van der Waals surface area contributed by atoms with Gasteiger partial charge in [0.05, 0.1) is 6.10 Å². The smallest absolute Gasteiger partial charge is 0.307 e. The van der Waals surface area contributed by atoms with Gasteiger partial charge < -0.3 is 14.6 Å². The monoisotopic (exact) mass is 574 g/mol. The molecule has 0 aromatic rings. The second kappa shape index (κ2) is 12.2. The predicted octanol–water partition coefficient (Wildman–Crippen LogP) is 5.88. The van der Waals surface area contributed by atoms with Crippen LogP contribution in [0.4, 0.5) is 0 Å². The molecule has 7 nitrogen and oxygen atoms in total. The lowest BCUT2D eigenvalue weighted by Gasteiger charge is -2.61. The molecular formula is C34H54O7. The van der Waals surface area contributed by atoms with Crippen LogP contribution in [0.2, 0.25) is 0 Å². The number of carbonyl (C=O) groups is 4. The van der Waals surface area contributed by atoms with Gasteiger partial charge in [0, 0.05) is 13.0 Å². The van der Waals surface area contributed by atoms with Crippen LogP contribution >= 0.6 is 0 Å². The molecule has 232 valence electrons. The normalized spacial score (nSPS) is 38.1. The van der Waals surface area contributed by atoms with Gasteiger partial charge >= 0.3 is 5.97 Å². The minimum Gasteiger partial charge on any atom is -0.440 e. The number of rotatable bonds is 11. The van der Waals surface area contributed by atoms with E-state index in [2.05, 4.69) is 20.8 Å². The van der Waals surface area contributed by atoms with E-state index in [1.54, 1.807) is 6.92 Å². The van der Waals surface area contributed by atoms with Crippen molar-refractivity contribution < 1.29 is 33.8 Å². The Morgan fingerprint density at radius 3 is 2.15 bits per heavy atom. The number of aliphatic hydroxyl groups excluding tert-OH is 1. The Morgan fingerprint density at radius 1 is 0.902 bits per heavy atom. The Hall–Kier alpha value is -1.60. The van der Waals surface area contributed by atoms with E-state index in [0.29, 0.717) is 35.5 Å². The van der Waals surface area contributed by atoms with Crippen molar-refractivity contribution in [2.45, 2.75) is 137 Å². The molecule has 4 aliphatic rings. The molecule has 0 bridgehead atoms. The van der Waals surface area contributed by atoms with Crippen LogP contribution in [-0.4, -0.2) is 52.8 Å². The van der Waals surface area contributed by atoms with Gasteiger partial charge in [0.15, 0.2) is 23.5 Å². The molecule has 4 fully saturated rings. The van der Waals surface area contributed by atoms with Crippen molar-refractivity contribution in [1.82, 2.24) is 0 Å². The molecule has 4 aliphatic carbocycles. The minimum atomic E-state index is -2.24. The summed E-state index contributed by atoms with van der Waals surface area (Å²) in [5.41, 5.74) is -1.63. The van der Waals surface area contributed by atoms with Crippen molar-refractivity contribution in [3.63, 3.8) is 0 Å². The summed E-state index contributed by atoms with van der Waals surface area (Å²) in [6.07, 6.45) is 9.62. The van der Waals surface area contributed by atoms with Crippen LogP contribution in [0.5, 0.6) is 0 Å². The van der Waals surface area contributed by atoms with Crippen LogP contribution in [0.3, 0.4) is 0 Å². The van der Waals surface area contributed by atoms with Gasteiger partial charge in [-0.2, -0.15) is 0 Å². The number of hydrogen-bond donors (Lipinski definition) is 1. The maximum Gasteiger partial charge on any atom is 0.307 e. The summed E-state index contributed by atoms with van der Waals surface area (Å²) in [6, 6.07) is 0. The number of aliphatic hydroxyl groups is 1. The van der Waals surface area contributed by atoms with Crippen LogP contribution in [0.15, 0.2) is 0 Å². The Bertz CT molecular complexity index is 1010. The quantitative estimate of drug-likeness (QED) is 0.243. The molecule has 1 N–H and O–H groups in total. The first kappa shape index (κ1) is 32.3. The Morgan fingerprint density at radius 2 is 1.54 bits per heavy atom. The number of carbonyl (C=O) groups excluding carboxylic acids is 4. The third-order valence-electron chi connectivity index (χ3n) is 12.6. The average molecular weight is 575 g/mol. The van der Waals surface area contributed by atoms with E-state index in [9.17, 15) is 24.3 Å². The SMILES string of the molecule is CCOC(C(C)=O)C(OC(=O)CC[C@@H](C)[C@H]1CC[C@H]2[C@@H]3CC[C@H]4C[C@H](O)CC[C@@]4(C)[C@H]3CC[C@]12C)(C(C)=O)C(C)=O. The summed E-state index contributed by atoms with van der Waals surface area (Å²) in [6.45, 7) is 12.6. The molecule has 0 amide bonds. The van der Waals surface area contributed by atoms with E-state index >= 15 is 0 Å². The zero-order valence-corrected chi connectivity index (χ0v) is 26.5. The molecule has 0 aromatic carbocycles. The van der Waals surface area contributed by atoms with Gasteiger partial charge in [-0.1, -0.05) is 20.8 Å². The molecular weight excluding hydrogens is 520 g/mol. The third kappa shape index (κ3) is 5.59. The molecule has 41 heavy (non-hydrogen) atoms. The maximum absolute atomic E-state index is 13.1. The van der Waals surface area contributed by atoms with E-state index in [4.69, 9.17) is 9.47 Å². The van der Waals surface area contributed by atoms with Gasteiger partial charge in [-0.15, -0.1) is 0 Å². The fraction of sp³-hybridized carbons (Fsp3) is 0.882. The van der Waals surface area contributed by atoms with Gasteiger partial charge in [0.2, 0.25) is 0 Å². The van der Waals surface area contributed by atoms with Crippen LogP contribution in [0, 0.1) is 46.3 Å². The van der Waals surface area contributed by atoms with E-state index in [0.717, 1.165) is 31.1 Å². The van der Waals surface area contributed by atoms with Gasteiger partial charge in [-0.05, 0) is 138 Å². The molecule has 0 aromatic heterocycles. The van der Waals surface area contributed by atoms with Gasteiger partial charge in [0.25, 0.3) is 5.60 Å². The molecule has 10 atom stereocenters. The number of ketones is 3. The van der Waals surface area contributed by atoms with E-state index < -0.39 is 35.0 Å². The van der Waals surface area contributed by atoms with Crippen molar-refractivity contribution >= 4 is 23.3 Å². The molecule has 4 saturated carbocycles. The van der Waals surface area contributed by atoms with Crippen molar-refractivity contribution in [2.75, 3.05) is 6.61 Å². The molecule has 0 heterocycles. The van der Waals surface area contributed by atoms with Crippen molar-refractivity contribution in [1.29, 1.82) is 0 Å². The van der Waals surface area contributed by atoms with Gasteiger partial charge in [-0.25, -0.2) is 0 Å². The number of hydrogen-bond acceptors (Lipinski definition) is 7. The summed E-state index contributed by atoms with van der Waals surface area (Å²) in [7, 11) is 0. The first-order valence-corrected chi connectivity index (χ1v) is 16.3. The molecule has 0 radical (unpaired) electrons. The highest BCUT2D eigenvalue weighted by Crippen LogP contribution is 2.68. The molecule has 1 unspecified atom stereocenters. The van der Waals surface area contributed by atoms with Crippen molar-refractivity contribution in [3.8, 4) is 0 Å². The summed E-state index contributed by atoms with van der Waals surface area (Å²) >= 11 is 0. The first-order chi connectivity index (χ1) is 19.2. The van der Waals surface area contributed by atoms with E-state index in [1.165, 1.54) is 59.3 Å². The van der Waals surface area contributed by atoms with Gasteiger partial charge in [-0.3, -0.25) is 19.2 Å². The Balaban J connectivity index is 1.42. The van der Waals surface area contributed by atoms with Crippen LogP contribution in [-0.2, 0) is 28.7 Å².